The Morgan fingerprint density at radius 2 is 1.71 bits per heavy atom. The molecule has 1 N–H and O–H groups in total. The van der Waals surface area contributed by atoms with E-state index in [-0.39, 0.29) is 0 Å². The van der Waals surface area contributed by atoms with Gasteiger partial charge in [-0.1, -0.05) is 44.5 Å². The van der Waals surface area contributed by atoms with Crippen LogP contribution in [0.1, 0.15) is 57.1 Å². The van der Waals surface area contributed by atoms with Gasteiger partial charge in [0.15, 0.2) is 0 Å². The van der Waals surface area contributed by atoms with E-state index in [0.717, 1.165) is 32.1 Å². The van der Waals surface area contributed by atoms with Gasteiger partial charge in [-0.05, 0) is 62.9 Å². The fourth-order valence-electron chi connectivity index (χ4n) is 2.77. The van der Waals surface area contributed by atoms with Crippen molar-refractivity contribution in [1.29, 1.82) is 0 Å². The van der Waals surface area contributed by atoms with Crippen LogP contribution in [0.5, 0.6) is 0 Å². The first kappa shape index (κ1) is 16.5. The Kier molecular flexibility index (Phi) is 7.25. The largest absolute Gasteiger partial charge is 0.316 e. The lowest BCUT2D eigenvalue weighted by atomic mass is 10.1. The standard InChI is InChI=1S/C19H32N2/c1-3-5-15-21(19-10-11-19)16-18-8-6-17(7-9-18)12-14-20-13-4-2/h6-9,19-20H,3-5,10-16H2,1-2H3. The van der Waals surface area contributed by atoms with Crippen molar-refractivity contribution in [1.82, 2.24) is 10.2 Å². The van der Waals surface area contributed by atoms with Crippen molar-refractivity contribution in [3.63, 3.8) is 0 Å². The molecule has 0 bridgehead atoms. The van der Waals surface area contributed by atoms with Crippen molar-refractivity contribution in [3.8, 4) is 0 Å². The topological polar surface area (TPSA) is 15.3 Å². The molecule has 21 heavy (non-hydrogen) atoms. The van der Waals surface area contributed by atoms with Gasteiger partial charge in [-0.2, -0.15) is 0 Å². The molecule has 1 aromatic carbocycles. The molecule has 2 heteroatoms. The third-order valence-corrected chi connectivity index (χ3v) is 4.29. The van der Waals surface area contributed by atoms with Crippen molar-refractivity contribution in [2.45, 2.75) is 65.0 Å². The summed E-state index contributed by atoms with van der Waals surface area (Å²) in [6, 6.07) is 10.2. The normalized spacial score (nSPS) is 14.8. The lowest BCUT2D eigenvalue weighted by molar-refractivity contribution is 0.250. The molecule has 1 saturated carbocycles. The summed E-state index contributed by atoms with van der Waals surface area (Å²) in [4.78, 5) is 2.68. The summed E-state index contributed by atoms with van der Waals surface area (Å²) >= 11 is 0. The average molecular weight is 288 g/mol. The predicted octanol–water partition coefficient (Wildman–Crippen LogP) is 3.99. The number of hydrogen-bond donors (Lipinski definition) is 1. The quantitative estimate of drug-likeness (QED) is 0.619. The lowest BCUT2D eigenvalue weighted by Crippen LogP contribution is -2.26. The SMILES string of the molecule is CCCCN(Cc1ccc(CCNCCC)cc1)C1CC1. The Morgan fingerprint density at radius 3 is 2.33 bits per heavy atom. The van der Waals surface area contributed by atoms with E-state index in [0.29, 0.717) is 0 Å². The van der Waals surface area contributed by atoms with Gasteiger partial charge in [0, 0.05) is 12.6 Å². The number of rotatable bonds is 11. The summed E-state index contributed by atoms with van der Waals surface area (Å²) in [6.45, 7) is 9.13. The zero-order chi connectivity index (χ0) is 14.9. The van der Waals surface area contributed by atoms with Crippen LogP contribution in [0.2, 0.25) is 0 Å². The van der Waals surface area contributed by atoms with Crippen LogP contribution in [0.3, 0.4) is 0 Å². The lowest BCUT2D eigenvalue weighted by Gasteiger charge is -2.22. The first-order valence-electron chi connectivity index (χ1n) is 8.86. The van der Waals surface area contributed by atoms with Gasteiger partial charge in [0.2, 0.25) is 0 Å². The summed E-state index contributed by atoms with van der Waals surface area (Å²) in [6.07, 6.45) is 7.80. The number of nitrogens with one attached hydrogen (secondary N) is 1. The summed E-state index contributed by atoms with van der Waals surface area (Å²) in [5.74, 6) is 0. The Bertz CT molecular complexity index is 381. The maximum Gasteiger partial charge on any atom is 0.0236 e. The van der Waals surface area contributed by atoms with E-state index in [4.69, 9.17) is 0 Å². The van der Waals surface area contributed by atoms with Crippen molar-refractivity contribution < 1.29 is 0 Å². The third kappa shape index (κ3) is 6.19. The van der Waals surface area contributed by atoms with Crippen LogP contribution < -0.4 is 5.32 Å². The van der Waals surface area contributed by atoms with Crippen LogP contribution in [-0.2, 0) is 13.0 Å². The minimum atomic E-state index is 0.870. The molecule has 0 heterocycles. The number of nitrogens with zero attached hydrogens (tertiary/aromatic N) is 1. The Hall–Kier alpha value is -0.860. The predicted molar refractivity (Wildman–Crippen MR) is 91.6 cm³/mol. The molecule has 118 valence electrons. The highest BCUT2D eigenvalue weighted by molar-refractivity contribution is 5.23. The first-order valence-corrected chi connectivity index (χ1v) is 8.86. The van der Waals surface area contributed by atoms with E-state index in [1.54, 1.807) is 0 Å². The first-order chi connectivity index (χ1) is 10.3. The van der Waals surface area contributed by atoms with Crippen molar-refractivity contribution >= 4 is 0 Å². The number of unbranched alkanes of at least 4 members (excludes halogenated alkanes) is 1. The van der Waals surface area contributed by atoms with E-state index in [1.807, 2.05) is 0 Å². The van der Waals surface area contributed by atoms with Gasteiger partial charge in [0.05, 0.1) is 0 Å². The van der Waals surface area contributed by atoms with Crippen LogP contribution in [0.4, 0.5) is 0 Å². The summed E-state index contributed by atoms with van der Waals surface area (Å²) in [5.41, 5.74) is 2.93. The highest BCUT2D eigenvalue weighted by atomic mass is 15.2. The van der Waals surface area contributed by atoms with Crippen LogP contribution in [-0.4, -0.2) is 30.6 Å². The second-order valence-electron chi connectivity index (χ2n) is 6.37. The van der Waals surface area contributed by atoms with Crippen LogP contribution in [0, 0.1) is 0 Å². The number of hydrogen-bond acceptors (Lipinski definition) is 2. The average Bonchev–Trinajstić information content (AvgIpc) is 3.34. The summed E-state index contributed by atoms with van der Waals surface area (Å²) < 4.78 is 0. The molecule has 2 rings (SSSR count). The molecule has 1 aliphatic carbocycles. The van der Waals surface area contributed by atoms with E-state index in [1.165, 1.54) is 49.8 Å². The molecule has 0 unspecified atom stereocenters. The molecule has 0 radical (unpaired) electrons. The van der Waals surface area contributed by atoms with Gasteiger partial charge in [0.25, 0.3) is 0 Å². The van der Waals surface area contributed by atoms with Crippen LogP contribution >= 0.6 is 0 Å². The fourth-order valence-corrected chi connectivity index (χ4v) is 2.77. The molecule has 2 nitrogen and oxygen atoms in total. The van der Waals surface area contributed by atoms with E-state index < -0.39 is 0 Å². The molecule has 0 aromatic heterocycles. The van der Waals surface area contributed by atoms with E-state index >= 15 is 0 Å². The molecule has 0 saturated heterocycles. The van der Waals surface area contributed by atoms with Crippen molar-refractivity contribution in [2.24, 2.45) is 0 Å². The minimum absolute atomic E-state index is 0.870. The zero-order valence-electron chi connectivity index (χ0n) is 13.9. The molecule has 0 atom stereocenters. The molecule has 0 aliphatic heterocycles. The Labute approximate surface area is 130 Å². The van der Waals surface area contributed by atoms with Crippen molar-refractivity contribution in [3.05, 3.63) is 35.4 Å². The molecule has 1 aromatic rings. The fraction of sp³-hybridized carbons (Fsp3) is 0.684. The Balaban J connectivity index is 1.77. The number of benzene rings is 1. The van der Waals surface area contributed by atoms with Crippen molar-refractivity contribution in [2.75, 3.05) is 19.6 Å². The maximum atomic E-state index is 3.47. The van der Waals surface area contributed by atoms with E-state index in [9.17, 15) is 0 Å². The van der Waals surface area contributed by atoms with Crippen LogP contribution in [0.25, 0.3) is 0 Å². The van der Waals surface area contributed by atoms with Gasteiger partial charge < -0.3 is 5.32 Å². The zero-order valence-corrected chi connectivity index (χ0v) is 13.9. The molecule has 0 amide bonds. The Morgan fingerprint density at radius 1 is 1.00 bits per heavy atom. The molecule has 1 fully saturated rings. The van der Waals surface area contributed by atoms with E-state index in [2.05, 4.69) is 48.3 Å². The van der Waals surface area contributed by atoms with Gasteiger partial charge in [-0.25, -0.2) is 0 Å². The maximum absolute atomic E-state index is 3.47. The van der Waals surface area contributed by atoms with Gasteiger partial charge >= 0.3 is 0 Å². The summed E-state index contributed by atoms with van der Waals surface area (Å²) in [7, 11) is 0. The highest BCUT2D eigenvalue weighted by Crippen LogP contribution is 2.28. The van der Waals surface area contributed by atoms with Gasteiger partial charge in [-0.3, -0.25) is 4.90 Å². The second kappa shape index (κ2) is 9.22. The van der Waals surface area contributed by atoms with Crippen LogP contribution in [0.15, 0.2) is 24.3 Å². The second-order valence-corrected chi connectivity index (χ2v) is 6.37. The molecule has 1 aliphatic rings. The third-order valence-electron chi connectivity index (χ3n) is 4.29. The summed E-state index contributed by atoms with van der Waals surface area (Å²) in [5, 5.41) is 3.47. The molecule has 0 spiro atoms. The monoisotopic (exact) mass is 288 g/mol. The molecular formula is C19H32N2. The smallest absolute Gasteiger partial charge is 0.0236 e. The molecular weight excluding hydrogens is 256 g/mol. The van der Waals surface area contributed by atoms with Gasteiger partial charge in [0.1, 0.15) is 0 Å². The highest BCUT2D eigenvalue weighted by Gasteiger charge is 2.28. The van der Waals surface area contributed by atoms with Gasteiger partial charge in [-0.15, -0.1) is 0 Å². The minimum Gasteiger partial charge on any atom is -0.316 e.